The van der Waals surface area contributed by atoms with Crippen molar-refractivity contribution in [3.63, 3.8) is 0 Å². The summed E-state index contributed by atoms with van der Waals surface area (Å²) in [6.45, 7) is 21.4. The molecule has 0 radical (unpaired) electrons. The van der Waals surface area contributed by atoms with Crippen LogP contribution in [0.4, 0.5) is 0 Å². The van der Waals surface area contributed by atoms with Gasteiger partial charge in [-0.2, -0.15) is 0 Å². The molecular formula is C17H30. The van der Waals surface area contributed by atoms with Crippen molar-refractivity contribution in [3.8, 4) is 0 Å². The third kappa shape index (κ3) is 31.3. The molecule has 98 valence electrons. The van der Waals surface area contributed by atoms with Crippen LogP contribution >= 0.6 is 0 Å². The van der Waals surface area contributed by atoms with Crippen LogP contribution in [0.5, 0.6) is 0 Å². The summed E-state index contributed by atoms with van der Waals surface area (Å²) >= 11 is 0. The minimum atomic E-state index is 1.09. The molecule has 0 nitrogen and oxygen atoms in total. The Morgan fingerprint density at radius 3 is 1.35 bits per heavy atom. The zero-order chi connectivity index (χ0) is 14.3. The second-order valence-electron chi connectivity index (χ2n) is 3.56. The predicted molar refractivity (Wildman–Crippen MR) is 84.4 cm³/mol. The van der Waals surface area contributed by atoms with Crippen LogP contribution in [0.1, 0.15) is 48.5 Å². The Morgan fingerprint density at radius 1 is 0.765 bits per heavy atom. The third-order valence-electron chi connectivity index (χ3n) is 1.54. The molecule has 0 aromatic carbocycles. The van der Waals surface area contributed by atoms with Gasteiger partial charge >= 0.3 is 0 Å². The predicted octanol–water partition coefficient (Wildman–Crippen LogP) is 6.25. The average molecular weight is 234 g/mol. The van der Waals surface area contributed by atoms with E-state index in [-0.39, 0.29) is 0 Å². The van der Waals surface area contributed by atoms with Crippen LogP contribution in [0.3, 0.4) is 0 Å². The molecule has 17 heavy (non-hydrogen) atoms. The molecule has 0 saturated carbocycles. The van der Waals surface area contributed by atoms with E-state index in [1.54, 1.807) is 0 Å². The van der Waals surface area contributed by atoms with E-state index in [0.717, 1.165) is 11.1 Å². The second kappa shape index (κ2) is 17.1. The molecule has 0 atom stereocenters. The van der Waals surface area contributed by atoms with Crippen molar-refractivity contribution in [2.45, 2.75) is 48.5 Å². The van der Waals surface area contributed by atoms with Crippen LogP contribution in [0, 0.1) is 0 Å². The number of rotatable bonds is 3. The maximum atomic E-state index is 3.75. The Balaban J connectivity index is -0.000000213. The SMILES string of the molecule is C=C(C)/C=C\C.C=C(C)/C=C\C(C)=C/C.CC. The lowest BCUT2D eigenvalue weighted by atomic mass is 10.2. The minimum Gasteiger partial charge on any atom is -0.0961 e. The molecule has 0 aromatic rings. The van der Waals surface area contributed by atoms with E-state index in [1.807, 2.05) is 59.8 Å². The Hall–Kier alpha value is -1.30. The first-order valence-electron chi connectivity index (χ1n) is 6.18. The average Bonchev–Trinajstić information content (AvgIpc) is 2.29. The van der Waals surface area contributed by atoms with E-state index in [0.29, 0.717) is 0 Å². The molecule has 0 unspecified atom stereocenters. The monoisotopic (exact) mass is 234 g/mol. The summed E-state index contributed by atoms with van der Waals surface area (Å²) in [6.07, 6.45) is 10.1. The Morgan fingerprint density at radius 2 is 1.18 bits per heavy atom. The minimum absolute atomic E-state index is 1.09. The standard InChI is InChI=1S/C9H14.C6H10.C2H6/c1-5-9(4)7-6-8(2)3;1-4-5-6(2)3;1-2/h5-7H,2H2,1,3-4H3;4-5H,2H2,1,3H3;1-2H3/b7-6-,9-5-;5-4-;. The fraction of sp³-hybridized carbons (Fsp3) is 0.412. The molecule has 0 amide bonds. The van der Waals surface area contributed by atoms with Crippen LogP contribution in [-0.4, -0.2) is 0 Å². The number of allylic oxidation sites excluding steroid dienone is 8. The maximum absolute atomic E-state index is 3.75. The third-order valence-corrected chi connectivity index (χ3v) is 1.54. The molecule has 0 spiro atoms. The van der Waals surface area contributed by atoms with Gasteiger partial charge in [-0.1, -0.05) is 74.1 Å². The van der Waals surface area contributed by atoms with Crippen molar-refractivity contribution < 1.29 is 0 Å². The maximum Gasteiger partial charge on any atom is -0.0401 e. The van der Waals surface area contributed by atoms with E-state index in [1.165, 1.54) is 5.57 Å². The largest absolute Gasteiger partial charge is 0.0961 e. The highest BCUT2D eigenvalue weighted by atomic mass is 13.8. The van der Waals surface area contributed by atoms with Crippen LogP contribution in [0.15, 0.2) is 60.3 Å². The highest BCUT2D eigenvalue weighted by Gasteiger charge is 1.75. The lowest BCUT2D eigenvalue weighted by Crippen LogP contribution is -1.65. The molecular weight excluding hydrogens is 204 g/mol. The second-order valence-corrected chi connectivity index (χ2v) is 3.56. The summed E-state index contributed by atoms with van der Waals surface area (Å²) in [5.74, 6) is 0. The molecule has 0 aromatic heterocycles. The van der Waals surface area contributed by atoms with Crippen LogP contribution in [0.2, 0.25) is 0 Å². The Kier molecular flexibility index (Phi) is 21.2. The van der Waals surface area contributed by atoms with Crippen LogP contribution in [-0.2, 0) is 0 Å². The molecule has 0 heteroatoms. The highest BCUT2D eigenvalue weighted by molar-refractivity contribution is 5.22. The molecule has 0 rings (SSSR count). The lowest BCUT2D eigenvalue weighted by Gasteiger charge is -1.86. The van der Waals surface area contributed by atoms with E-state index in [2.05, 4.69) is 32.2 Å². The zero-order valence-corrected chi connectivity index (χ0v) is 12.8. The molecule has 0 bridgehead atoms. The summed E-state index contributed by atoms with van der Waals surface area (Å²) in [5.41, 5.74) is 3.48. The van der Waals surface area contributed by atoms with Crippen molar-refractivity contribution in [3.05, 3.63) is 60.3 Å². The van der Waals surface area contributed by atoms with Crippen molar-refractivity contribution >= 4 is 0 Å². The van der Waals surface area contributed by atoms with Gasteiger partial charge in [-0.25, -0.2) is 0 Å². The quantitative estimate of drug-likeness (QED) is 0.506. The summed E-state index contributed by atoms with van der Waals surface area (Å²) in [4.78, 5) is 0. The van der Waals surface area contributed by atoms with Gasteiger partial charge in [0.05, 0.1) is 0 Å². The summed E-state index contributed by atoms with van der Waals surface area (Å²) in [7, 11) is 0. The van der Waals surface area contributed by atoms with E-state index < -0.39 is 0 Å². The summed E-state index contributed by atoms with van der Waals surface area (Å²) in [6, 6.07) is 0. The molecule has 0 heterocycles. The molecule has 0 N–H and O–H groups in total. The van der Waals surface area contributed by atoms with Crippen molar-refractivity contribution in [2.75, 3.05) is 0 Å². The van der Waals surface area contributed by atoms with Crippen molar-refractivity contribution in [2.24, 2.45) is 0 Å². The fourth-order valence-corrected chi connectivity index (χ4v) is 0.654. The zero-order valence-electron chi connectivity index (χ0n) is 12.8. The fourth-order valence-electron chi connectivity index (χ4n) is 0.654. The Bertz CT molecular complexity index is 272. The number of hydrogen-bond donors (Lipinski definition) is 0. The highest BCUT2D eigenvalue weighted by Crippen LogP contribution is 1.97. The first kappa shape index (κ1) is 21.0. The lowest BCUT2D eigenvalue weighted by molar-refractivity contribution is 1.45. The topological polar surface area (TPSA) is 0 Å². The van der Waals surface area contributed by atoms with E-state index in [9.17, 15) is 0 Å². The van der Waals surface area contributed by atoms with Crippen LogP contribution < -0.4 is 0 Å². The number of hydrogen-bond acceptors (Lipinski definition) is 0. The van der Waals surface area contributed by atoms with Gasteiger partial charge in [0.2, 0.25) is 0 Å². The van der Waals surface area contributed by atoms with E-state index in [4.69, 9.17) is 0 Å². The first-order chi connectivity index (χ1) is 7.93. The van der Waals surface area contributed by atoms with Gasteiger partial charge in [0.1, 0.15) is 0 Å². The van der Waals surface area contributed by atoms with Crippen molar-refractivity contribution in [1.29, 1.82) is 0 Å². The van der Waals surface area contributed by atoms with Gasteiger partial charge in [-0.05, 0) is 34.6 Å². The molecule has 0 aliphatic carbocycles. The molecule has 0 aliphatic heterocycles. The summed E-state index contributed by atoms with van der Waals surface area (Å²) < 4.78 is 0. The van der Waals surface area contributed by atoms with E-state index >= 15 is 0 Å². The van der Waals surface area contributed by atoms with Gasteiger partial charge in [0.25, 0.3) is 0 Å². The van der Waals surface area contributed by atoms with Gasteiger partial charge < -0.3 is 0 Å². The van der Waals surface area contributed by atoms with Gasteiger partial charge in [-0.3, -0.25) is 0 Å². The van der Waals surface area contributed by atoms with Crippen molar-refractivity contribution in [1.82, 2.24) is 0 Å². The van der Waals surface area contributed by atoms with Gasteiger partial charge in [0.15, 0.2) is 0 Å². The smallest absolute Gasteiger partial charge is 0.0401 e. The molecule has 0 aliphatic rings. The van der Waals surface area contributed by atoms with Gasteiger partial charge in [0, 0.05) is 0 Å². The first-order valence-corrected chi connectivity index (χ1v) is 6.18. The summed E-state index contributed by atoms with van der Waals surface area (Å²) in [5, 5.41) is 0. The normalized spacial score (nSPS) is 10.4. The van der Waals surface area contributed by atoms with Gasteiger partial charge in [-0.15, -0.1) is 0 Å². The Labute approximate surface area is 109 Å². The molecule has 0 saturated heterocycles. The van der Waals surface area contributed by atoms with Crippen LogP contribution in [0.25, 0.3) is 0 Å². The molecule has 0 fully saturated rings.